The van der Waals surface area contributed by atoms with Gasteiger partial charge in [0.1, 0.15) is 12.1 Å². The highest BCUT2D eigenvalue weighted by molar-refractivity contribution is 5.74. The SMILES string of the molecule is CC(C)(C(=O)O)C(CCC=O)n1cccc2ccnc1-2. The normalized spacial score (nSPS) is 13.3. The second-order valence-corrected chi connectivity index (χ2v) is 5.43. The molecule has 2 aliphatic rings. The van der Waals surface area contributed by atoms with Crippen LogP contribution in [0.2, 0.25) is 0 Å². The number of carboxylic acids is 1. The quantitative estimate of drug-likeness (QED) is 0.822. The number of carboxylic acid groups (broad SMARTS) is 1. The molecule has 0 aromatic rings. The number of hydrogen-bond donors (Lipinski definition) is 1. The lowest BCUT2D eigenvalue weighted by molar-refractivity contribution is -0.149. The molecule has 106 valence electrons. The standard InChI is InChI=1S/C15H18N2O3/c1-15(2,14(19)20)12(6-4-10-18)17-9-3-5-11-7-8-16-13(11)17/h3,5,7-10,12H,4,6H2,1-2H3,(H,19,20). The van der Waals surface area contributed by atoms with Gasteiger partial charge in [-0.1, -0.05) is 0 Å². The van der Waals surface area contributed by atoms with Crippen molar-refractivity contribution < 1.29 is 14.7 Å². The Morgan fingerprint density at radius 2 is 2.25 bits per heavy atom. The largest absolute Gasteiger partial charge is 0.481 e. The van der Waals surface area contributed by atoms with E-state index in [1.54, 1.807) is 20.0 Å². The van der Waals surface area contributed by atoms with Crippen LogP contribution < -0.4 is 0 Å². The molecule has 0 aromatic heterocycles. The van der Waals surface area contributed by atoms with E-state index in [1.807, 2.05) is 29.0 Å². The zero-order valence-corrected chi connectivity index (χ0v) is 11.6. The van der Waals surface area contributed by atoms with Crippen molar-refractivity contribution in [1.82, 2.24) is 9.55 Å². The molecule has 1 N–H and O–H groups in total. The Morgan fingerprint density at radius 1 is 1.50 bits per heavy atom. The minimum atomic E-state index is -0.985. The zero-order valence-electron chi connectivity index (χ0n) is 11.6. The maximum atomic E-state index is 11.6. The van der Waals surface area contributed by atoms with Crippen molar-refractivity contribution in [3.63, 3.8) is 0 Å². The predicted octanol–water partition coefficient (Wildman–Crippen LogP) is 2.62. The number of rotatable bonds is 6. The first kappa shape index (κ1) is 14.2. The van der Waals surface area contributed by atoms with Crippen molar-refractivity contribution >= 4 is 12.3 Å². The van der Waals surface area contributed by atoms with Gasteiger partial charge in [-0.15, -0.1) is 0 Å². The highest BCUT2D eigenvalue weighted by Gasteiger charge is 2.38. The topological polar surface area (TPSA) is 72.2 Å². The first-order valence-corrected chi connectivity index (χ1v) is 6.57. The van der Waals surface area contributed by atoms with Gasteiger partial charge >= 0.3 is 5.97 Å². The van der Waals surface area contributed by atoms with Gasteiger partial charge in [0.2, 0.25) is 0 Å². The average Bonchev–Trinajstić information content (AvgIpc) is 2.87. The number of carbonyl (C=O) groups is 2. The molecule has 0 saturated carbocycles. The fourth-order valence-electron chi connectivity index (χ4n) is 2.46. The summed E-state index contributed by atoms with van der Waals surface area (Å²) in [5.74, 6) is -0.137. The van der Waals surface area contributed by atoms with Gasteiger partial charge < -0.3 is 14.5 Å². The monoisotopic (exact) mass is 274 g/mol. The van der Waals surface area contributed by atoms with Crippen LogP contribution in [0, 0.1) is 5.41 Å². The molecule has 0 saturated heterocycles. The number of fused-ring (bicyclic) bond motifs is 1. The van der Waals surface area contributed by atoms with E-state index in [0.717, 1.165) is 17.7 Å². The summed E-state index contributed by atoms with van der Waals surface area (Å²) in [5, 5.41) is 9.47. The van der Waals surface area contributed by atoms with E-state index in [2.05, 4.69) is 4.98 Å². The summed E-state index contributed by atoms with van der Waals surface area (Å²) in [7, 11) is 0. The van der Waals surface area contributed by atoms with Crippen LogP contribution in [0.15, 0.2) is 30.6 Å². The lowest BCUT2D eigenvalue weighted by atomic mass is 9.81. The third-order valence-corrected chi connectivity index (χ3v) is 3.75. The third kappa shape index (κ3) is 2.43. The van der Waals surface area contributed by atoms with Gasteiger partial charge in [0.25, 0.3) is 0 Å². The van der Waals surface area contributed by atoms with Gasteiger partial charge in [-0.2, -0.15) is 0 Å². The molecule has 2 rings (SSSR count). The average molecular weight is 274 g/mol. The molecule has 20 heavy (non-hydrogen) atoms. The molecular formula is C15H18N2O3. The Hall–Kier alpha value is -2.17. The molecule has 5 heteroatoms. The number of aliphatic carboxylic acids is 1. The Bertz CT molecular complexity index is 589. The minimum absolute atomic E-state index is 0.325. The number of nitrogens with zero attached hydrogens (tertiary/aromatic N) is 2. The minimum Gasteiger partial charge on any atom is -0.481 e. The van der Waals surface area contributed by atoms with Crippen molar-refractivity contribution in [2.75, 3.05) is 0 Å². The molecule has 0 aromatic carbocycles. The molecule has 0 bridgehead atoms. The van der Waals surface area contributed by atoms with Crippen LogP contribution in [-0.4, -0.2) is 26.9 Å². The van der Waals surface area contributed by atoms with Crippen molar-refractivity contribution in [1.29, 1.82) is 0 Å². The van der Waals surface area contributed by atoms with Crippen molar-refractivity contribution in [2.45, 2.75) is 32.7 Å². The predicted molar refractivity (Wildman–Crippen MR) is 74.6 cm³/mol. The Morgan fingerprint density at radius 3 is 2.90 bits per heavy atom. The van der Waals surface area contributed by atoms with E-state index in [1.165, 1.54) is 0 Å². The summed E-state index contributed by atoms with van der Waals surface area (Å²) < 4.78 is 1.87. The molecule has 0 spiro atoms. The summed E-state index contributed by atoms with van der Waals surface area (Å²) in [6.45, 7) is 3.36. The number of hydrogen-bond acceptors (Lipinski definition) is 3. The lowest BCUT2D eigenvalue weighted by Crippen LogP contribution is -2.35. The summed E-state index contributed by atoms with van der Waals surface area (Å²) >= 11 is 0. The van der Waals surface area contributed by atoms with Gasteiger partial charge in [0.15, 0.2) is 0 Å². The Balaban J connectivity index is 2.49. The fraction of sp³-hybridized carbons (Fsp3) is 0.400. The first-order chi connectivity index (χ1) is 9.48. The first-order valence-electron chi connectivity index (χ1n) is 6.57. The molecule has 1 unspecified atom stereocenters. The maximum Gasteiger partial charge on any atom is 0.311 e. The Labute approximate surface area is 117 Å². The third-order valence-electron chi connectivity index (χ3n) is 3.75. The van der Waals surface area contributed by atoms with E-state index in [0.29, 0.717) is 12.8 Å². The second-order valence-electron chi connectivity index (χ2n) is 5.43. The van der Waals surface area contributed by atoms with E-state index in [4.69, 9.17) is 0 Å². The molecule has 2 heterocycles. The van der Waals surface area contributed by atoms with Crippen LogP contribution in [0.3, 0.4) is 0 Å². The van der Waals surface area contributed by atoms with Gasteiger partial charge in [-0.25, -0.2) is 4.98 Å². The lowest BCUT2D eigenvalue weighted by Gasteiger charge is -2.33. The van der Waals surface area contributed by atoms with Crippen LogP contribution in [0.4, 0.5) is 0 Å². The maximum absolute atomic E-state index is 11.6. The molecule has 0 amide bonds. The van der Waals surface area contributed by atoms with Gasteiger partial charge in [0.05, 0.1) is 11.5 Å². The summed E-state index contributed by atoms with van der Waals surface area (Å²) in [6, 6.07) is 5.36. The van der Waals surface area contributed by atoms with Gasteiger partial charge in [-0.3, -0.25) is 4.79 Å². The van der Waals surface area contributed by atoms with Crippen LogP contribution in [-0.2, 0) is 9.59 Å². The van der Waals surface area contributed by atoms with Crippen LogP contribution in [0.5, 0.6) is 0 Å². The van der Waals surface area contributed by atoms with E-state index in [9.17, 15) is 14.7 Å². The molecular weight excluding hydrogens is 256 g/mol. The van der Waals surface area contributed by atoms with Crippen molar-refractivity contribution in [2.24, 2.45) is 5.41 Å². The number of pyridine rings is 1. The van der Waals surface area contributed by atoms with Crippen LogP contribution in [0.25, 0.3) is 11.4 Å². The molecule has 0 fully saturated rings. The summed E-state index contributed by atoms with van der Waals surface area (Å²) in [4.78, 5) is 26.5. The molecule has 5 nitrogen and oxygen atoms in total. The molecule has 1 atom stereocenters. The zero-order chi connectivity index (χ0) is 14.8. The van der Waals surface area contributed by atoms with Crippen molar-refractivity contribution in [3.05, 3.63) is 30.6 Å². The molecule has 0 radical (unpaired) electrons. The highest BCUT2D eigenvalue weighted by Crippen LogP contribution is 2.37. The number of aromatic nitrogens is 2. The van der Waals surface area contributed by atoms with Gasteiger partial charge in [0, 0.05) is 24.4 Å². The van der Waals surface area contributed by atoms with Crippen LogP contribution in [0.1, 0.15) is 32.7 Å². The number of aldehydes is 1. The Kier molecular flexibility index (Phi) is 3.88. The van der Waals surface area contributed by atoms with Crippen molar-refractivity contribution in [3.8, 4) is 11.4 Å². The second kappa shape index (κ2) is 5.45. The molecule has 2 aliphatic heterocycles. The van der Waals surface area contributed by atoms with E-state index in [-0.39, 0.29) is 6.04 Å². The fourth-order valence-corrected chi connectivity index (χ4v) is 2.46. The van der Waals surface area contributed by atoms with E-state index >= 15 is 0 Å². The van der Waals surface area contributed by atoms with E-state index < -0.39 is 11.4 Å². The van der Waals surface area contributed by atoms with Gasteiger partial charge in [-0.05, 0) is 38.5 Å². The summed E-state index contributed by atoms with van der Waals surface area (Å²) in [6.07, 6.45) is 5.15. The molecule has 0 aliphatic carbocycles. The highest BCUT2D eigenvalue weighted by atomic mass is 16.4. The van der Waals surface area contributed by atoms with Crippen LogP contribution >= 0.6 is 0 Å². The number of carbonyl (C=O) groups excluding carboxylic acids is 1. The smallest absolute Gasteiger partial charge is 0.311 e. The summed E-state index contributed by atoms with van der Waals surface area (Å²) in [5.41, 5.74) is -0.0224.